The monoisotopic (exact) mass is 657 g/mol. The Morgan fingerprint density at radius 2 is 1.40 bits per heavy atom. The lowest BCUT2D eigenvalue weighted by atomic mass is 10.0. The van der Waals surface area contributed by atoms with E-state index >= 15 is 0 Å². The molecule has 2 amide bonds. The number of likely N-dealkylation sites (N-methyl/N-ethyl adjacent to an activating group) is 1. The van der Waals surface area contributed by atoms with Crippen molar-refractivity contribution < 1.29 is 27.5 Å². The van der Waals surface area contributed by atoms with E-state index < -0.39 is 28.5 Å². The molecule has 0 saturated heterocycles. The molecular weight excluding hydrogens is 614 g/mol. The Morgan fingerprint density at radius 3 is 2.00 bits per heavy atom. The molecule has 248 valence electrons. The van der Waals surface area contributed by atoms with Crippen molar-refractivity contribution in [1.29, 1.82) is 0 Å². The minimum Gasteiger partial charge on any atom is -0.493 e. The largest absolute Gasteiger partial charge is 0.493 e. The van der Waals surface area contributed by atoms with Gasteiger partial charge in [-0.3, -0.25) is 13.9 Å². The van der Waals surface area contributed by atoms with E-state index in [1.807, 2.05) is 88.4 Å². The number of hydrogen-bond acceptors (Lipinski definition) is 6. The van der Waals surface area contributed by atoms with Crippen LogP contribution in [-0.2, 0) is 32.6 Å². The van der Waals surface area contributed by atoms with Gasteiger partial charge in [0.25, 0.3) is 10.0 Å². The summed E-state index contributed by atoms with van der Waals surface area (Å²) in [5.74, 6) is -0.241. The summed E-state index contributed by atoms with van der Waals surface area (Å²) in [5.41, 5.74) is 4.74. The minimum atomic E-state index is -4.32. The van der Waals surface area contributed by atoms with Crippen molar-refractivity contribution in [3.63, 3.8) is 0 Å². The number of amides is 2. The lowest BCUT2D eigenvalue weighted by Gasteiger charge is -2.34. The van der Waals surface area contributed by atoms with Crippen molar-refractivity contribution in [3.05, 3.63) is 119 Å². The number of benzene rings is 4. The van der Waals surface area contributed by atoms with E-state index in [0.717, 1.165) is 32.1 Å². The number of carbonyl (C=O) groups excluding carboxylic acids is 2. The topological polar surface area (TPSA) is 105 Å². The number of nitrogens with zero attached hydrogens (tertiary/aromatic N) is 2. The third kappa shape index (κ3) is 8.71. The van der Waals surface area contributed by atoms with E-state index in [1.54, 1.807) is 12.1 Å². The van der Waals surface area contributed by atoms with Crippen molar-refractivity contribution in [2.75, 3.05) is 31.6 Å². The molecule has 9 nitrogen and oxygen atoms in total. The standard InChI is InChI=1S/C37H43N3O6S/c1-7-38-37(42)33(22-29-11-9-8-10-12-29)39(24-30-15-13-26(2)14-16-30)36(41)25-40(31-20-27(3)19-28(4)21-31)47(43,44)32-17-18-34(45-5)35(23-32)46-6/h8-21,23,33H,7,22,24-25H2,1-6H3,(H,38,42)/t33-/m0/s1. The van der Waals surface area contributed by atoms with E-state index in [4.69, 9.17) is 9.47 Å². The highest BCUT2D eigenvalue weighted by molar-refractivity contribution is 7.92. The lowest BCUT2D eigenvalue weighted by molar-refractivity contribution is -0.140. The number of sulfonamides is 1. The van der Waals surface area contributed by atoms with Crippen molar-refractivity contribution >= 4 is 27.5 Å². The zero-order valence-electron chi connectivity index (χ0n) is 27.8. The predicted octanol–water partition coefficient (Wildman–Crippen LogP) is 5.60. The maximum atomic E-state index is 14.6. The Labute approximate surface area is 278 Å². The van der Waals surface area contributed by atoms with Gasteiger partial charge in [-0.15, -0.1) is 0 Å². The van der Waals surface area contributed by atoms with E-state index in [-0.39, 0.29) is 29.5 Å². The summed E-state index contributed by atoms with van der Waals surface area (Å²) in [4.78, 5) is 29.7. The quantitative estimate of drug-likeness (QED) is 0.189. The Bertz CT molecular complexity index is 1770. The lowest BCUT2D eigenvalue weighted by Crippen LogP contribution is -2.53. The highest BCUT2D eigenvalue weighted by Crippen LogP contribution is 2.33. The molecule has 0 bridgehead atoms. The predicted molar refractivity (Wildman–Crippen MR) is 184 cm³/mol. The van der Waals surface area contributed by atoms with Crippen LogP contribution in [0.3, 0.4) is 0 Å². The fraction of sp³-hybridized carbons (Fsp3) is 0.297. The average Bonchev–Trinajstić information content (AvgIpc) is 3.05. The fourth-order valence-electron chi connectivity index (χ4n) is 5.46. The van der Waals surface area contributed by atoms with E-state index in [9.17, 15) is 18.0 Å². The molecular formula is C37H43N3O6S. The first-order valence-electron chi connectivity index (χ1n) is 15.5. The van der Waals surface area contributed by atoms with E-state index in [1.165, 1.54) is 37.3 Å². The number of hydrogen-bond donors (Lipinski definition) is 1. The van der Waals surface area contributed by atoms with Gasteiger partial charge in [-0.2, -0.15) is 0 Å². The number of anilines is 1. The molecule has 0 aliphatic heterocycles. The van der Waals surface area contributed by atoms with Crippen molar-refractivity contribution in [1.82, 2.24) is 10.2 Å². The summed E-state index contributed by atoms with van der Waals surface area (Å²) in [6, 6.07) is 26.0. The summed E-state index contributed by atoms with van der Waals surface area (Å²) in [6.45, 7) is 7.46. The first-order valence-corrected chi connectivity index (χ1v) is 16.9. The van der Waals surface area contributed by atoms with Crippen LogP contribution in [0.4, 0.5) is 5.69 Å². The highest BCUT2D eigenvalue weighted by Gasteiger charge is 2.35. The van der Waals surface area contributed by atoms with E-state index in [0.29, 0.717) is 18.0 Å². The second kappa shape index (κ2) is 15.6. The van der Waals surface area contributed by atoms with Gasteiger partial charge in [-0.25, -0.2) is 8.42 Å². The van der Waals surface area contributed by atoms with Crippen LogP contribution in [-0.4, -0.2) is 58.5 Å². The van der Waals surface area contributed by atoms with Crippen LogP contribution < -0.4 is 19.1 Å². The molecule has 1 N–H and O–H groups in total. The Hall–Kier alpha value is -4.83. The van der Waals surface area contributed by atoms with Crippen molar-refractivity contribution in [2.24, 2.45) is 0 Å². The Morgan fingerprint density at radius 1 is 0.766 bits per heavy atom. The average molecular weight is 658 g/mol. The second-order valence-corrected chi connectivity index (χ2v) is 13.3. The molecule has 4 aromatic rings. The third-order valence-corrected chi connectivity index (χ3v) is 9.58. The smallest absolute Gasteiger partial charge is 0.264 e. The Balaban J connectivity index is 1.84. The van der Waals surface area contributed by atoms with Gasteiger partial charge in [0.15, 0.2) is 11.5 Å². The zero-order valence-corrected chi connectivity index (χ0v) is 28.6. The molecule has 0 aliphatic rings. The summed E-state index contributed by atoms with van der Waals surface area (Å²) < 4.78 is 40.7. The number of carbonyl (C=O) groups is 2. The van der Waals surface area contributed by atoms with Gasteiger partial charge < -0.3 is 19.7 Å². The molecule has 10 heteroatoms. The van der Waals surface area contributed by atoms with Crippen LogP contribution in [0, 0.1) is 20.8 Å². The summed E-state index contributed by atoms with van der Waals surface area (Å²) >= 11 is 0. The second-order valence-electron chi connectivity index (χ2n) is 11.5. The number of rotatable bonds is 14. The van der Waals surface area contributed by atoms with Crippen LogP contribution >= 0.6 is 0 Å². The maximum Gasteiger partial charge on any atom is 0.264 e. The van der Waals surface area contributed by atoms with Crippen LogP contribution in [0.5, 0.6) is 11.5 Å². The fourth-order valence-corrected chi connectivity index (χ4v) is 6.88. The van der Waals surface area contributed by atoms with Gasteiger partial charge in [-0.05, 0) is 74.2 Å². The molecule has 1 atom stereocenters. The molecule has 4 aromatic carbocycles. The van der Waals surface area contributed by atoms with Gasteiger partial charge in [0, 0.05) is 25.6 Å². The normalized spacial score (nSPS) is 11.8. The minimum absolute atomic E-state index is 0.0724. The summed E-state index contributed by atoms with van der Waals surface area (Å²) in [7, 11) is -1.42. The molecule has 0 heterocycles. The molecule has 0 unspecified atom stereocenters. The third-order valence-electron chi connectivity index (χ3n) is 7.81. The molecule has 0 fully saturated rings. The molecule has 0 radical (unpaired) electrons. The van der Waals surface area contributed by atoms with Gasteiger partial charge in [-0.1, -0.05) is 66.2 Å². The summed E-state index contributed by atoms with van der Waals surface area (Å²) in [6.07, 6.45) is 0.246. The molecule has 0 saturated carbocycles. The molecule has 0 aliphatic carbocycles. The van der Waals surface area contributed by atoms with Crippen LogP contribution in [0.25, 0.3) is 0 Å². The molecule has 4 rings (SSSR count). The first kappa shape index (κ1) is 35.0. The highest BCUT2D eigenvalue weighted by atomic mass is 32.2. The van der Waals surface area contributed by atoms with Crippen LogP contribution in [0.15, 0.2) is 95.9 Å². The number of aryl methyl sites for hydroxylation is 3. The Kier molecular flexibility index (Phi) is 11.7. The number of nitrogens with one attached hydrogen (secondary N) is 1. The van der Waals surface area contributed by atoms with Crippen molar-refractivity contribution in [2.45, 2.75) is 51.6 Å². The maximum absolute atomic E-state index is 14.6. The summed E-state index contributed by atoms with van der Waals surface area (Å²) in [5, 5.41) is 2.89. The molecule has 47 heavy (non-hydrogen) atoms. The van der Waals surface area contributed by atoms with Crippen LogP contribution in [0.1, 0.15) is 34.7 Å². The van der Waals surface area contributed by atoms with Gasteiger partial charge in [0.1, 0.15) is 12.6 Å². The van der Waals surface area contributed by atoms with E-state index in [2.05, 4.69) is 5.32 Å². The van der Waals surface area contributed by atoms with Gasteiger partial charge in [0.05, 0.1) is 24.8 Å². The van der Waals surface area contributed by atoms with Crippen LogP contribution in [0.2, 0.25) is 0 Å². The van der Waals surface area contributed by atoms with Gasteiger partial charge in [0.2, 0.25) is 11.8 Å². The zero-order chi connectivity index (χ0) is 34.1. The first-order chi connectivity index (χ1) is 22.5. The molecule has 0 spiro atoms. The SMILES string of the molecule is CCNC(=O)[C@H](Cc1ccccc1)N(Cc1ccc(C)cc1)C(=O)CN(c1cc(C)cc(C)c1)S(=O)(=O)c1ccc(OC)c(OC)c1. The molecule has 0 aromatic heterocycles. The number of methoxy groups -OCH3 is 2. The van der Waals surface area contributed by atoms with Gasteiger partial charge >= 0.3 is 0 Å². The van der Waals surface area contributed by atoms with Crippen molar-refractivity contribution in [3.8, 4) is 11.5 Å². The number of ether oxygens (including phenoxy) is 2.